The lowest BCUT2D eigenvalue weighted by molar-refractivity contribution is -0.149. The van der Waals surface area contributed by atoms with Crippen molar-refractivity contribution in [1.82, 2.24) is 10.3 Å². The number of ether oxygens (including phenoxy) is 2. The molecule has 0 bridgehead atoms. The van der Waals surface area contributed by atoms with E-state index >= 15 is 0 Å². The van der Waals surface area contributed by atoms with Crippen LogP contribution >= 0.6 is 11.6 Å². The third kappa shape index (κ3) is 7.63. The molecule has 0 aliphatic carbocycles. The summed E-state index contributed by atoms with van der Waals surface area (Å²) in [7, 11) is 1.57. The Morgan fingerprint density at radius 3 is 2.52 bits per heavy atom. The quantitative estimate of drug-likeness (QED) is 0.504. The van der Waals surface area contributed by atoms with Crippen molar-refractivity contribution in [2.45, 2.75) is 13.0 Å². The van der Waals surface area contributed by atoms with Crippen LogP contribution in [0.25, 0.3) is 6.08 Å². The maximum absolute atomic E-state index is 11.9. The molecule has 2 amide bonds. The molecule has 2 aromatic rings. The molecule has 8 nitrogen and oxygen atoms in total. The minimum Gasteiger partial charge on any atom is -0.497 e. The number of benzene rings is 1. The molecule has 2 N–H and O–H groups in total. The van der Waals surface area contributed by atoms with Crippen molar-refractivity contribution in [3.8, 4) is 5.75 Å². The van der Waals surface area contributed by atoms with E-state index in [0.717, 1.165) is 5.56 Å². The highest BCUT2D eigenvalue weighted by Gasteiger charge is 2.17. The van der Waals surface area contributed by atoms with Crippen molar-refractivity contribution in [2.24, 2.45) is 0 Å². The van der Waals surface area contributed by atoms with Gasteiger partial charge >= 0.3 is 5.97 Å². The van der Waals surface area contributed by atoms with Crippen LogP contribution in [0.4, 0.5) is 5.82 Å². The average Bonchev–Trinajstić information content (AvgIpc) is 2.72. The zero-order valence-electron chi connectivity index (χ0n) is 15.8. The molecule has 0 fully saturated rings. The first-order chi connectivity index (χ1) is 13.9. The lowest BCUT2D eigenvalue weighted by Crippen LogP contribution is -2.39. The summed E-state index contributed by atoms with van der Waals surface area (Å²) in [6, 6.07) is 9.25. The van der Waals surface area contributed by atoms with Gasteiger partial charge in [-0.3, -0.25) is 9.59 Å². The number of halogens is 1. The van der Waals surface area contributed by atoms with E-state index in [1.807, 2.05) is 0 Å². The van der Waals surface area contributed by atoms with E-state index in [-0.39, 0.29) is 5.82 Å². The fourth-order valence-electron chi connectivity index (χ4n) is 2.10. The molecule has 0 radical (unpaired) electrons. The number of nitrogens with one attached hydrogen (secondary N) is 2. The molecule has 1 heterocycles. The number of pyridine rings is 1. The predicted molar refractivity (Wildman–Crippen MR) is 108 cm³/mol. The summed E-state index contributed by atoms with van der Waals surface area (Å²) in [4.78, 5) is 39.6. The fourth-order valence-corrected chi connectivity index (χ4v) is 2.21. The van der Waals surface area contributed by atoms with E-state index in [1.165, 1.54) is 25.3 Å². The molecular formula is C20H20ClN3O5. The Morgan fingerprint density at radius 1 is 1.17 bits per heavy atom. The largest absolute Gasteiger partial charge is 0.497 e. The van der Waals surface area contributed by atoms with Crippen LogP contribution in [0.2, 0.25) is 5.02 Å². The summed E-state index contributed by atoms with van der Waals surface area (Å²) in [5.74, 6) is -0.791. The first-order valence-corrected chi connectivity index (χ1v) is 8.96. The van der Waals surface area contributed by atoms with Crippen molar-refractivity contribution in [3.63, 3.8) is 0 Å². The number of rotatable bonds is 8. The zero-order chi connectivity index (χ0) is 21.2. The predicted octanol–water partition coefficient (Wildman–Crippen LogP) is 2.44. The molecule has 0 unspecified atom stereocenters. The lowest BCUT2D eigenvalue weighted by Gasteiger charge is -2.12. The highest BCUT2D eigenvalue weighted by atomic mass is 35.5. The van der Waals surface area contributed by atoms with Crippen LogP contribution in [0.5, 0.6) is 5.75 Å². The summed E-state index contributed by atoms with van der Waals surface area (Å²) < 4.78 is 9.95. The maximum atomic E-state index is 11.9. The Morgan fingerprint density at radius 2 is 1.90 bits per heavy atom. The van der Waals surface area contributed by atoms with Crippen LogP contribution in [0.15, 0.2) is 48.7 Å². The van der Waals surface area contributed by atoms with Crippen LogP contribution in [0.1, 0.15) is 12.5 Å². The molecule has 2 rings (SSSR count). The van der Waals surface area contributed by atoms with Gasteiger partial charge in [0.1, 0.15) is 17.6 Å². The van der Waals surface area contributed by atoms with E-state index in [9.17, 15) is 14.4 Å². The lowest BCUT2D eigenvalue weighted by atomic mass is 10.2. The number of carbonyl (C=O) groups excluding carboxylic acids is 3. The standard InChI is InChI=1S/C20H20ClN3O5/c1-13(23-18(25)10-5-14-3-7-16(28-2)8-4-14)20(27)29-12-19(26)24-17-9-6-15(21)11-22-17/h3-11,13H,12H2,1-2H3,(H,23,25)(H,22,24,26)/b10-5+/t13-/m1/s1. The molecule has 152 valence electrons. The molecule has 1 atom stereocenters. The Bertz CT molecular complexity index is 882. The number of esters is 1. The SMILES string of the molecule is COc1ccc(/C=C/C(=O)N[C@H](C)C(=O)OCC(=O)Nc2ccc(Cl)cn2)cc1. The Balaban J connectivity index is 1.75. The second-order valence-corrected chi connectivity index (χ2v) is 6.29. The minimum atomic E-state index is -0.926. The van der Waals surface area contributed by atoms with Gasteiger partial charge in [0, 0.05) is 12.3 Å². The molecule has 0 spiro atoms. The van der Waals surface area contributed by atoms with Gasteiger partial charge in [-0.2, -0.15) is 0 Å². The number of aromatic nitrogens is 1. The molecule has 0 saturated carbocycles. The summed E-state index contributed by atoms with van der Waals surface area (Å²) >= 11 is 5.71. The van der Waals surface area contributed by atoms with Crippen LogP contribution in [-0.4, -0.2) is 42.5 Å². The van der Waals surface area contributed by atoms with Crippen molar-refractivity contribution < 1.29 is 23.9 Å². The molecule has 1 aromatic heterocycles. The molecule has 0 aliphatic heterocycles. The second kappa shape index (κ2) is 10.8. The molecule has 29 heavy (non-hydrogen) atoms. The van der Waals surface area contributed by atoms with Crippen LogP contribution in [0, 0.1) is 0 Å². The Kier molecular flexibility index (Phi) is 8.17. The van der Waals surface area contributed by atoms with Crippen molar-refractivity contribution in [2.75, 3.05) is 19.0 Å². The number of anilines is 1. The van der Waals surface area contributed by atoms with E-state index in [1.54, 1.807) is 43.5 Å². The topological polar surface area (TPSA) is 107 Å². The van der Waals surface area contributed by atoms with Crippen LogP contribution < -0.4 is 15.4 Å². The first kappa shape index (κ1) is 21.9. The number of hydrogen-bond acceptors (Lipinski definition) is 6. The number of amides is 2. The van der Waals surface area contributed by atoms with Crippen molar-refractivity contribution >= 4 is 41.3 Å². The maximum Gasteiger partial charge on any atom is 0.328 e. The molecule has 0 aliphatic rings. The van der Waals surface area contributed by atoms with E-state index in [4.69, 9.17) is 21.1 Å². The van der Waals surface area contributed by atoms with Gasteiger partial charge in [0.2, 0.25) is 5.91 Å². The van der Waals surface area contributed by atoms with E-state index in [2.05, 4.69) is 15.6 Å². The molecular weight excluding hydrogens is 398 g/mol. The number of hydrogen-bond donors (Lipinski definition) is 2. The monoisotopic (exact) mass is 417 g/mol. The van der Waals surface area contributed by atoms with Gasteiger partial charge in [-0.15, -0.1) is 0 Å². The van der Waals surface area contributed by atoms with Gasteiger partial charge < -0.3 is 20.1 Å². The van der Waals surface area contributed by atoms with Gasteiger partial charge in [-0.1, -0.05) is 23.7 Å². The van der Waals surface area contributed by atoms with Gasteiger partial charge in [0.25, 0.3) is 5.91 Å². The molecule has 9 heteroatoms. The van der Waals surface area contributed by atoms with Gasteiger partial charge in [-0.05, 0) is 42.8 Å². The number of carbonyl (C=O) groups is 3. The van der Waals surface area contributed by atoms with Crippen LogP contribution in [0.3, 0.4) is 0 Å². The molecule has 0 saturated heterocycles. The normalized spacial score (nSPS) is 11.6. The summed E-state index contributed by atoms with van der Waals surface area (Å²) in [6.07, 6.45) is 4.27. The third-order valence-corrected chi connectivity index (χ3v) is 3.82. The van der Waals surface area contributed by atoms with Gasteiger partial charge in [-0.25, -0.2) is 9.78 Å². The summed E-state index contributed by atoms with van der Waals surface area (Å²) in [5.41, 5.74) is 0.795. The Labute approximate surface area is 172 Å². The van der Waals surface area contributed by atoms with Crippen molar-refractivity contribution in [1.29, 1.82) is 0 Å². The van der Waals surface area contributed by atoms with Gasteiger partial charge in [0.15, 0.2) is 6.61 Å². The second-order valence-electron chi connectivity index (χ2n) is 5.85. The number of nitrogens with zero attached hydrogens (tertiary/aromatic N) is 1. The van der Waals surface area contributed by atoms with Gasteiger partial charge in [0.05, 0.1) is 12.1 Å². The van der Waals surface area contributed by atoms with Crippen LogP contribution in [-0.2, 0) is 19.1 Å². The molecule has 1 aromatic carbocycles. The fraction of sp³-hybridized carbons (Fsp3) is 0.200. The van der Waals surface area contributed by atoms with Crippen molar-refractivity contribution in [3.05, 3.63) is 59.3 Å². The highest BCUT2D eigenvalue weighted by Crippen LogP contribution is 2.12. The number of methoxy groups -OCH3 is 1. The third-order valence-electron chi connectivity index (χ3n) is 3.60. The minimum absolute atomic E-state index is 0.278. The first-order valence-electron chi connectivity index (χ1n) is 8.58. The summed E-state index contributed by atoms with van der Waals surface area (Å²) in [6.45, 7) is 0.950. The zero-order valence-corrected chi connectivity index (χ0v) is 16.6. The van der Waals surface area contributed by atoms with E-state index < -0.39 is 30.4 Å². The highest BCUT2D eigenvalue weighted by molar-refractivity contribution is 6.30. The smallest absolute Gasteiger partial charge is 0.328 e. The van der Waals surface area contributed by atoms with E-state index in [0.29, 0.717) is 10.8 Å². The average molecular weight is 418 g/mol. The Hall–Kier alpha value is -3.39. The summed E-state index contributed by atoms with van der Waals surface area (Å²) in [5, 5.41) is 5.36.